The van der Waals surface area contributed by atoms with E-state index in [0.29, 0.717) is 16.7 Å². The molecule has 0 bridgehead atoms. The van der Waals surface area contributed by atoms with Crippen molar-refractivity contribution in [1.29, 1.82) is 0 Å². The number of aromatic hydroxyl groups is 1. The molecule has 4 aromatic rings. The molecule has 0 aliphatic carbocycles. The number of benzene rings is 4. The van der Waals surface area contributed by atoms with E-state index in [1.807, 2.05) is 0 Å². The predicted octanol–water partition coefficient (Wildman–Crippen LogP) is 5.40. The second kappa shape index (κ2) is 14.4. The highest BCUT2D eigenvalue weighted by Gasteiger charge is 2.20. The summed E-state index contributed by atoms with van der Waals surface area (Å²) in [7, 11) is -18.0. The fourth-order valence-corrected chi connectivity index (χ4v) is 6.98. The predicted molar refractivity (Wildman–Crippen MR) is 180 cm³/mol. The minimum Gasteiger partial charge on any atom is -0.505 e. The van der Waals surface area contributed by atoms with E-state index in [2.05, 4.69) is 30.0 Å². The average Bonchev–Trinajstić information content (AvgIpc) is 2.99. The van der Waals surface area contributed by atoms with Gasteiger partial charge in [0.25, 0.3) is 20.2 Å². The third-order valence-electron chi connectivity index (χ3n) is 7.03. The largest absolute Gasteiger partial charge is 0.505 e. The number of phenols is 1. The van der Waals surface area contributed by atoms with E-state index in [1.165, 1.54) is 54.6 Å². The highest BCUT2D eigenvalue weighted by molar-refractivity contribution is 7.91. The summed E-state index contributed by atoms with van der Waals surface area (Å²) in [6.45, 7) is 4.06. The van der Waals surface area contributed by atoms with Crippen LogP contribution in [-0.2, 0) is 44.7 Å². The zero-order chi connectivity index (χ0) is 37.2. The van der Waals surface area contributed by atoms with Gasteiger partial charge < -0.3 is 10.4 Å². The molecule has 50 heavy (non-hydrogen) atoms. The normalized spacial score (nSPS) is 13.1. The molecule has 0 heterocycles. The van der Waals surface area contributed by atoms with Gasteiger partial charge in [0, 0.05) is 10.8 Å². The molecule has 0 saturated heterocycles. The van der Waals surface area contributed by atoms with E-state index in [0.717, 1.165) is 0 Å². The fraction of sp³-hybridized carbons (Fsp3) is 0.214. The topological polar surface area (TPSA) is 288 Å². The average molecular weight is 772 g/mol. The maximum absolute atomic E-state index is 12.4. The first-order valence-electron chi connectivity index (χ1n) is 13.9. The van der Waals surface area contributed by atoms with Crippen LogP contribution in [0.2, 0.25) is 0 Å². The van der Waals surface area contributed by atoms with Crippen molar-refractivity contribution < 1.29 is 56.6 Å². The van der Waals surface area contributed by atoms with E-state index < -0.39 is 69.4 Å². The summed E-state index contributed by atoms with van der Waals surface area (Å²) in [4.78, 5) is -0.722. The van der Waals surface area contributed by atoms with Gasteiger partial charge in [0.1, 0.15) is 27.8 Å². The van der Waals surface area contributed by atoms with Crippen molar-refractivity contribution in [2.24, 2.45) is 20.5 Å². The lowest BCUT2D eigenvalue weighted by Gasteiger charge is -2.14. The van der Waals surface area contributed by atoms with Gasteiger partial charge in [-0.3, -0.25) is 13.7 Å². The van der Waals surface area contributed by atoms with Crippen LogP contribution in [0.25, 0.3) is 10.8 Å². The Morgan fingerprint density at radius 3 is 1.92 bits per heavy atom. The van der Waals surface area contributed by atoms with Gasteiger partial charge in [-0.05, 0) is 92.1 Å². The number of nitrogens with one attached hydrogen (secondary N) is 1. The number of rotatable bonds is 13. The minimum atomic E-state index is -4.81. The van der Waals surface area contributed by atoms with E-state index >= 15 is 0 Å². The molecule has 0 aliphatic heterocycles. The minimum absolute atomic E-state index is 0.0130. The Balaban J connectivity index is 1.75. The molecule has 0 radical (unpaired) electrons. The van der Waals surface area contributed by atoms with Crippen molar-refractivity contribution in [2.45, 2.75) is 30.6 Å². The van der Waals surface area contributed by atoms with Crippen molar-refractivity contribution in [3.63, 3.8) is 0 Å². The van der Waals surface area contributed by atoms with Crippen LogP contribution in [0, 0.1) is 20.8 Å². The SMILES string of the molecule is Cc1cc(N=Nc2c(NCS(=O)(=O)O)ccc3c(O)c(N=Nc4ccc(S(=O)(=O)CCOS(=O)(=O)O)cc4)c(C)cc23)c(S(=O)(=O)O)cc1C. The number of anilines is 1. The number of sulfone groups is 1. The maximum Gasteiger partial charge on any atom is 0.397 e. The second-order valence-electron chi connectivity index (χ2n) is 10.7. The fourth-order valence-electron chi connectivity index (χ4n) is 4.46. The van der Waals surface area contributed by atoms with Crippen LogP contribution >= 0.6 is 0 Å². The lowest BCUT2D eigenvalue weighted by atomic mass is 10.0. The number of nitrogens with zero attached hydrogens (tertiary/aromatic N) is 4. The summed E-state index contributed by atoms with van der Waals surface area (Å²) in [5.74, 6) is -2.07. The number of azo groups is 2. The van der Waals surface area contributed by atoms with Gasteiger partial charge in [0.2, 0.25) is 0 Å². The summed E-state index contributed by atoms with van der Waals surface area (Å²) in [6.07, 6.45) is 0. The monoisotopic (exact) mass is 771 g/mol. The molecule has 5 N–H and O–H groups in total. The highest BCUT2D eigenvalue weighted by atomic mass is 32.3. The number of phenolic OH excluding ortho intramolecular Hbond substituents is 1. The van der Waals surface area contributed by atoms with Crippen LogP contribution < -0.4 is 5.32 Å². The molecule has 0 unspecified atom stereocenters. The summed E-state index contributed by atoms with van der Waals surface area (Å²) in [6, 6.07) is 11.8. The van der Waals surface area contributed by atoms with Gasteiger partial charge in [0.05, 0.1) is 28.6 Å². The molecular weight excluding hydrogens is 743 g/mol. The van der Waals surface area contributed by atoms with Crippen molar-refractivity contribution >= 4 is 79.7 Å². The Hall–Kier alpha value is -4.42. The van der Waals surface area contributed by atoms with E-state index in [4.69, 9.17) is 4.55 Å². The first kappa shape index (κ1) is 38.4. The van der Waals surface area contributed by atoms with Crippen LogP contribution in [0.3, 0.4) is 0 Å². The second-order valence-corrected chi connectivity index (χ2v) is 16.7. The van der Waals surface area contributed by atoms with E-state index in [9.17, 15) is 47.9 Å². The number of aryl methyl sites for hydroxylation is 3. The van der Waals surface area contributed by atoms with Crippen LogP contribution in [0.15, 0.2) is 84.8 Å². The van der Waals surface area contributed by atoms with Crippen molar-refractivity contribution in [2.75, 3.05) is 23.6 Å². The van der Waals surface area contributed by atoms with Crippen LogP contribution in [0.1, 0.15) is 16.7 Å². The van der Waals surface area contributed by atoms with Crippen molar-refractivity contribution in [3.05, 3.63) is 71.3 Å². The summed E-state index contributed by atoms with van der Waals surface area (Å²) in [5.41, 5.74) is 1.36. The molecule has 4 rings (SSSR count). The molecule has 4 aromatic carbocycles. The first-order valence-corrected chi connectivity index (χ1v) is 20.0. The number of hydrogen-bond acceptors (Lipinski definition) is 15. The Labute approximate surface area is 286 Å². The molecule has 0 atom stereocenters. The van der Waals surface area contributed by atoms with Gasteiger partial charge in [-0.25, -0.2) is 12.6 Å². The Morgan fingerprint density at radius 1 is 0.700 bits per heavy atom. The van der Waals surface area contributed by atoms with Gasteiger partial charge in [0.15, 0.2) is 15.6 Å². The first-order chi connectivity index (χ1) is 23.1. The maximum atomic E-state index is 12.4. The van der Waals surface area contributed by atoms with E-state index in [-0.39, 0.29) is 44.1 Å². The van der Waals surface area contributed by atoms with Gasteiger partial charge in [-0.1, -0.05) is 0 Å². The van der Waals surface area contributed by atoms with E-state index in [1.54, 1.807) is 20.8 Å². The highest BCUT2D eigenvalue weighted by Crippen LogP contribution is 2.45. The summed E-state index contributed by atoms with van der Waals surface area (Å²) >= 11 is 0. The van der Waals surface area contributed by atoms with Gasteiger partial charge in [-0.2, -0.15) is 30.4 Å². The smallest absolute Gasteiger partial charge is 0.397 e. The Bertz CT molecular complexity index is 2490. The molecule has 22 heteroatoms. The Morgan fingerprint density at radius 2 is 1.32 bits per heavy atom. The summed E-state index contributed by atoms with van der Waals surface area (Å²) < 4.78 is 125. The molecule has 18 nitrogen and oxygen atoms in total. The summed E-state index contributed by atoms with van der Waals surface area (Å²) in [5, 5.41) is 30.4. The quantitative estimate of drug-likeness (QED) is 0.0840. The lowest BCUT2D eigenvalue weighted by Crippen LogP contribution is -2.15. The Kier molecular flexibility index (Phi) is 11.1. The zero-order valence-corrected chi connectivity index (χ0v) is 29.5. The molecule has 0 spiro atoms. The third-order valence-corrected chi connectivity index (χ3v) is 10.6. The van der Waals surface area contributed by atoms with Gasteiger partial charge in [-0.15, -0.1) is 15.3 Å². The molecule has 0 amide bonds. The van der Waals surface area contributed by atoms with Crippen molar-refractivity contribution in [1.82, 2.24) is 0 Å². The third kappa shape index (κ3) is 9.63. The molecule has 0 saturated carbocycles. The standard InChI is InChI=1S/C28H29N5O13S4/c1-16-13-24(25(14-17(16)2)49(40,41)42)31-33-27-22-12-18(3)26(28(34)21(22)8-9-23(27)29-15-48(37,38)39)32-30-19-4-6-20(7-5-19)47(35,36)11-10-46-50(43,44)45/h4-9,12-14,29,34H,10-11,15H2,1-3H3,(H,37,38,39)(H,40,41,42)(H,43,44,45). The zero-order valence-electron chi connectivity index (χ0n) is 26.2. The molecule has 0 aliphatic rings. The number of hydrogen-bond donors (Lipinski definition) is 5. The van der Waals surface area contributed by atoms with Gasteiger partial charge >= 0.3 is 10.4 Å². The van der Waals surface area contributed by atoms with Crippen LogP contribution in [0.4, 0.5) is 28.4 Å². The number of fused-ring (bicyclic) bond motifs is 1. The molecule has 268 valence electrons. The lowest BCUT2D eigenvalue weighted by molar-refractivity contribution is 0.284. The van der Waals surface area contributed by atoms with Crippen LogP contribution in [0.5, 0.6) is 5.75 Å². The molecule has 0 aromatic heterocycles. The van der Waals surface area contributed by atoms with Crippen LogP contribution in [-0.4, -0.2) is 70.7 Å². The molecular formula is C28H29N5O13S4. The molecule has 0 fully saturated rings. The van der Waals surface area contributed by atoms with Crippen molar-refractivity contribution in [3.8, 4) is 5.75 Å².